The Morgan fingerprint density at radius 1 is 0.271 bits per heavy atom. The Morgan fingerprint density at radius 3 is 1.39 bits per heavy atom. The van der Waals surface area contributed by atoms with Crippen molar-refractivity contribution in [3.8, 4) is 56.4 Å². The predicted octanol–water partition coefficient (Wildman–Crippen LogP) is 15.2. The van der Waals surface area contributed by atoms with E-state index in [4.69, 9.17) is 15.0 Å². The van der Waals surface area contributed by atoms with E-state index < -0.39 is 0 Å². The number of fused-ring (bicyclic) bond motifs is 7. The third kappa shape index (κ3) is 5.45. The first kappa shape index (κ1) is 33.6. The fourth-order valence-corrected chi connectivity index (χ4v) is 10.3. The van der Waals surface area contributed by atoms with Crippen LogP contribution in [0.15, 0.2) is 200 Å². The lowest BCUT2D eigenvalue weighted by Gasteiger charge is -2.18. The van der Waals surface area contributed by atoms with Crippen LogP contribution in [0.2, 0.25) is 0 Å². The van der Waals surface area contributed by atoms with Crippen molar-refractivity contribution in [3.05, 3.63) is 200 Å². The Kier molecular flexibility index (Phi) is 7.72. The number of rotatable bonds is 5. The van der Waals surface area contributed by atoms with Crippen molar-refractivity contribution in [3.63, 3.8) is 0 Å². The van der Waals surface area contributed by atoms with Gasteiger partial charge in [0.05, 0.1) is 0 Å². The molecule has 59 heavy (non-hydrogen) atoms. The molecule has 0 aliphatic heterocycles. The molecule has 12 aromatic rings. The summed E-state index contributed by atoms with van der Waals surface area (Å²) in [7, 11) is 0. The molecule has 0 radical (unpaired) electrons. The Balaban J connectivity index is 1.13. The summed E-state index contributed by atoms with van der Waals surface area (Å²) in [4.78, 5) is 16.2. The lowest BCUT2D eigenvalue weighted by molar-refractivity contribution is 1.08. The van der Waals surface area contributed by atoms with Crippen LogP contribution in [0.3, 0.4) is 0 Å². The molecule has 0 aliphatic rings. The highest BCUT2D eigenvalue weighted by Crippen LogP contribution is 2.46. The summed E-state index contributed by atoms with van der Waals surface area (Å²) in [5.41, 5.74) is 7.71. The summed E-state index contributed by atoms with van der Waals surface area (Å²) in [5.74, 6) is 1.95. The van der Waals surface area contributed by atoms with Gasteiger partial charge in [-0.3, -0.25) is 0 Å². The Morgan fingerprint density at radius 2 is 0.712 bits per heavy atom. The van der Waals surface area contributed by atoms with E-state index in [0.717, 1.165) is 43.8 Å². The molecule has 0 spiro atoms. The average Bonchev–Trinajstić information content (AvgIpc) is 3.69. The van der Waals surface area contributed by atoms with Crippen LogP contribution in [0, 0.1) is 0 Å². The van der Waals surface area contributed by atoms with Crippen LogP contribution in [-0.2, 0) is 0 Å². The number of hydrogen-bond acceptors (Lipinski definition) is 4. The van der Waals surface area contributed by atoms with Gasteiger partial charge in [0.25, 0.3) is 0 Å². The van der Waals surface area contributed by atoms with E-state index in [1.54, 1.807) is 11.3 Å². The fourth-order valence-electron chi connectivity index (χ4n) is 9.04. The van der Waals surface area contributed by atoms with Gasteiger partial charge in [0.2, 0.25) is 0 Å². The minimum atomic E-state index is 0.638. The maximum absolute atomic E-state index is 5.46. The quantitative estimate of drug-likeness (QED) is 0.164. The van der Waals surface area contributed by atoms with Gasteiger partial charge in [-0.1, -0.05) is 188 Å². The molecule has 0 aliphatic carbocycles. The van der Waals surface area contributed by atoms with E-state index in [2.05, 4.69) is 200 Å². The van der Waals surface area contributed by atoms with Crippen LogP contribution in [0.4, 0.5) is 0 Å². The van der Waals surface area contributed by atoms with Gasteiger partial charge in [-0.2, -0.15) is 0 Å². The molecule has 0 saturated carbocycles. The Hall–Kier alpha value is -7.53. The molecule has 0 amide bonds. The second kappa shape index (κ2) is 13.6. The molecular weight excluding hydrogens is 735 g/mol. The maximum atomic E-state index is 5.46. The molecule has 12 rings (SSSR count). The number of benzene rings is 10. The third-order valence-electron chi connectivity index (χ3n) is 11.7. The first-order valence-corrected chi connectivity index (χ1v) is 20.8. The predicted molar refractivity (Wildman–Crippen MR) is 250 cm³/mol. The summed E-state index contributed by atoms with van der Waals surface area (Å²) in [5, 5.41) is 11.9. The molecule has 10 aromatic carbocycles. The molecule has 2 aromatic heterocycles. The number of aromatic nitrogens is 3. The van der Waals surface area contributed by atoms with Crippen molar-refractivity contribution in [1.82, 2.24) is 15.0 Å². The lowest BCUT2D eigenvalue weighted by Crippen LogP contribution is -2.02. The fraction of sp³-hybridized carbons (Fsp3) is 0. The van der Waals surface area contributed by atoms with Crippen LogP contribution in [0.1, 0.15) is 0 Å². The highest BCUT2D eigenvalue weighted by atomic mass is 32.1. The normalized spacial score (nSPS) is 11.7. The van der Waals surface area contributed by atoms with Crippen molar-refractivity contribution in [1.29, 1.82) is 0 Å². The SMILES string of the molecule is c1ccc2c(-c3ccc(-c4nc(-c5c6ccccc6c(-c6cccc7ccccc67)c6ccccc56)nc(-c5cccc6c5sc5ccccc56)n4)cc3)cccc2c1. The Labute approximate surface area is 344 Å². The van der Waals surface area contributed by atoms with Crippen molar-refractivity contribution in [2.45, 2.75) is 0 Å². The molecule has 0 fully saturated rings. The van der Waals surface area contributed by atoms with Gasteiger partial charge in [-0.05, 0) is 77.5 Å². The molecule has 0 unspecified atom stereocenters. The van der Waals surface area contributed by atoms with Gasteiger partial charge in [-0.25, -0.2) is 15.0 Å². The summed E-state index contributed by atoms with van der Waals surface area (Å²) in [6.07, 6.45) is 0. The zero-order valence-electron chi connectivity index (χ0n) is 31.8. The first-order chi connectivity index (χ1) is 29.3. The van der Waals surface area contributed by atoms with Crippen molar-refractivity contribution in [2.24, 2.45) is 0 Å². The smallest absolute Gasteiger partial charge is 0.165 e. The number of nitrogens with zero attached hydrogens (tertiary/aromatic N) is 3. The van der Waals surface area contributed by atoms with Crippen LogP contribution < -0.4 is 0 Å². The van der Waals surface area contributed by atoms with E-state index in [-0.39, 0.29) is 0 Å². The van der Waals surface area contributed by atoms with E-state index in [1.165, 1.54) is 58.4 Å². The first-order valence-electron chi connectivity index (χ1n) is 19.9. The van der Waals surface area contributed by atoms with Crippen LogP contribution in [0.25, 0.3) is 120 Å². The molecule has 4 heteroatoms. The van der Waals surface area contributed by atoms with Gasteiger partial charge in [-0.15, -0.1) is 11.3 Å². The molecule has 0 N–H and O–H groups in total. The molecule has 0 atom stereocenters. The van der Waals surface area contributed by atoms with Crippen LogP contribution >= 0.6 is 11.3 Å². The second-order valence-electron chi connectivity index (χ2n) is 15.1. The molecule has 274 valence electrons. The molecule has 0 bridgehead atoms. The van der Waals surface area contributed by atoms with Gasteiger partial charge in [0, 0.05) is 36.9 Å². The standard InChI is InChI=1S/C55H33N3S/c1-3-18-38-34(14-1)16-11-25-39(38)36-30-32-37(33-31-36)53-56-54(48-28-13-27-47-41-20-9-10-29-49(41)59-52(47)48)58-55(57-53)51-45-23-7-5-21-43(45)50(44-22-6-8-24-46(44)51)42-26-12-17-35-15-2-4-19-40(35)42/h1-33H. The van der Waals surface area contributed by atoms with Gasteiger partial charge in [0.1, 0.15) is 0 Å². The lowest BCUT2D eigenvalue weighted by atomic mass is 9.86. The zero-order chi connectivity index (χ0) is 38.9. The summed E-state index contributed by atoms with van der Waals surface area (Å²) in [6.45, 7) is 0. The van der Waals surface area contributed by atoms with Crippen molar-refractivity contribution >= 4 is 74.6 Å². The summed E-state index contributed by atoms with van der Waals surface area (Å²) in [6, 6.07) is 71.6. The van der Waals surface area contributed by atoms with E-state index in [1.807, 2.05) is 0 Å². The summed E-state index contributed by atoms with van der Waals surface area (Å²) >= 11 is 1.79. The second-order valence-corrected chi connectivity index (χ2v) is 16.1. The molecule has 0 saturated heterocycles. The van der Waals surface area contributed by atoms with Gasteiger partial charge in [0.15, 0.2) is 17.5 Å². The topological polar surface area (TPSA) is 38.7 Å². The van der Waals surface area contributed by atoms with Gasteiger partial charge >= 0.3 is 0 Å². The average molecular weight is 768 g/mol. The van der Waals surface area contributed by atoms with E-state index >= 15 is 0 Å². The minimum absolute atomic E-state index is 0.638. The van der Waals surface area contributed by atoms with Crippen LogP contribution in [0.5, 0.6) is 0 Å². The highest BCUT2D eigenvalue weighted by molar-refractivity contribution is 7.26. The molecular formula is C55H33N3S. The molecule has 2 heterocycles. The summed E-state index contributed by atoms with van der Waals surface area (Å²) < 4.78 is 2.42. The minimum Gasteiger partial charge on any atom is -0.208 e. The van der Waals surface area contributed by atoms with E-state index in [0.29, 0.717) is 17.5 Å². The number of thiophene rings is 1. The van der Waals surface area contributed by atoms with Gasteiger partial charge < -0.3 is 0 Å². The van der Waals surface area contributed by atoms with Crippen LogP contribution in [-0.4, -0.2) is 15.0 Å². The highest BCUT2D eigenvalue weighted by Gasteiger charge is 2.22. The monoisotopic (exact) mass is 767 g/mol. The number of hydrogen-bond donors (Lipinski definition) is 0. The maximum Gasteiger partial charge on any atom is 0.165 e. The molecule has 3 nitrogen and oxygen atoms in total. The Bertz CT molecular complexity index is 3550. The zero-order valence-corrected chi connectivity index (χ0v) is 32.6. The van der Waals surface area contributed by atoms with Crippen molar-refractivity contribution in [2.75, 3.05) is 0 Å². The third-order valence-corrected chi connectivity index (χ3v) is 13.0. The van der Waals surface area contributed by atoms with E-state index in [9.17, 15) is 0 Å². The van der Waals surface area contributed by atoms with Crippen molar-refractivity contribution < 1.29 is 0 Å². The largest absolute Gasteiger partial charge is 0.208 e.